The molecular formula is C17H22N4O3. The number of aliphatic imine (C=N–C) groups is 1. The zero-order valence-electron chi connectivity index (χ0n) is 14.3. The number of nitrogens with two attached hydrogens (primary N) is 1. The van der Waals surface area contributed by atoms with Crippen molar-refractivity contribution in [3.63, 3.8) is 0 Å². The Kier molecular flexibility index (Phi) is 5.47. The van der Waals surface area contributed by atoms with Gasteiger partial charge >= 0.3 is 0 Å². The van der Waals surface area contributed by atoms with Crippen LogP contribution in [0.15, 0.2) is 40.1 Å². The Balaban J connectivity index is 2.12. The SMILES string of the molecule is COc1ccc(NC(N)=NCc2ccc(C)n(C)c2=O)cc1OC. The number of ether oxygens (including phenoxy) is 2. The van der Waals surface area contributed by atoms with E-state index in [1.54, 1.807) is 50.1 Å². The molecule has 128 valence electrons. The Bertz CT molecular complexity index is 812. The van der Waals surface area contributed by atoms with Crippen molar-refractivity contribution in [2.24, 2.45) is 17.8 Å². The molecule has 2 rings (SSSR count). The molecule has 1 aromatic heterocycles. The molecule has 1 aromatic carbocycles. The Morgan fingerprint density at radius 3 is 2.58 bits per heavy atom. The summed E-state index contributed by atoms with van der Waals surface area (Å²) in [6.45, 7) is 2.08. The van der Waals surface area contributed by atoms with Crippen LogP contribution in [-0.2, 0) is 13.6 Å². The van der Waals surface area contributed by atoms with Gasteiger partial charge in [0.1, 0.15) is 0 Å². The van der Waals surface area contributed by atoms with Crippen LogP contribution in [0.3, 0.4) is 0 Å². The number of hydrogen-bond acceptors (Lipinski definition) is 4. The molecule has 0 aliphatic carbocycles. The van der Waals surface area contributed by atoms with Crippen LogP contribution in [0.2, 0.25) is 0 Å². The minimum absolute atomic E-state index is 0.0716. The molecule has 0 unspecified atom stereocenters. The highest BCUT2D eigenvalue weighted by Crippen LogP contribution is 2.29. The van der Waals surface area contributed by atoms with Gasteiger partial charge in [-0.2, -0.15) is 0 Å². The molecule has 1 heterocycles. The van der Waals surface area contributed by atoms with E-state index in [4.69, 9.17) is 15.2 Å². The standard InChI is InChI=1S/C17H22N4O3/c1-11-5-6-12(16(22)21(11)2)10-19-17(18)20-13-7-8-14(23-3)15(9-13)24-4/h5-9H,10H2,1-4H3,(H3,18,19,20). The summed E-state index contributed by atoms with van der Waals surface area (Å²) in [6.07, 6.45) is 0. The third-order valence-electron chi connectivity index (χ3n) is 3.71. The molecule has 0 aliphatic rings. The van der Waals surface area contributed by atoms with E-state index in [0.29, 0.717) is 22.7 Å². The van der Waals surface area contributed by atoms with Gasteiger partial charge in [0.25, 0.3) is 5.56 Å². The third kappa shape index (κ3) is 3.87. The van der Waals surface area contributed by atoms with Crippen LogP contribution in [0.5, 0.6) is 11.5 Å². The van der Waals surface area contributed by atoms with Crippen molar-refractivity contribution in [3.8, 4) is 11.5 Å². The molecule has 0 aliphatic heterocycles. The highest BCUT2D eigenvalue weighted by atomic mass is 16.5. The second-order valence-electron chi connectivity index (χ2n) is 5.26. The number of guanidine groups is 1. The second-order valence-corrected chi connectivity index (χ2v) is 5.26. The summed E-state index contributed by atoms with van der Waals surface area (Å²) in [6, 6.07) is 8.97. The van der Waals surface area contributed by atoms with Crippen LogP contribution in [0.1, 0.15) is 11.3 Å². The minimum Gasteiger partial charge on any atom is -0.493 e. The van der Waals surface area contributed by atoms with Crippen LogP contribution in [-0.4, -0.2) is 24.7 Å². The van der Waals surface area contributed by atoms with Crippen LogP contribution in [0, 0.1) is 6.92 Å². The van der Waals surface area contributed by atoms with E-state index in [-0.39, 0.29) is 18.1 Å². The zero-order valence-corrected chi connectivity index (χ0v) is 14.3. The summed E-state index contributed by atoms with van der Waals surface area (Å²) in [7, 11) is 4.87. The predicted octanol–water partition coefficient (Wildman–Crippen LogP) is 1.64. The summed E-state index contributed by atoms with van der Waals surface area (Å²) in [5.41, 5.74) is 8.01. The average Bonchev–Trinajstić information content (AvgIpc) is 2.59. The number of benzene rings is 1. The number of hydrogen-bond donors (Lipinski definition) is 2. The lowest BCUT2D eigenvalue weighted by Crippen LogP contribution is -2.25. The first-order chi connectivity index (χ1) is 11.5. The van der Waals surface area contributed by atoms with Crippen LogP contribution < -0.4 is 26.1 Å². The molecule has 0 bridgehead atoms. The van der Waals surface area contributed by atoms with Gasteiger partial charge in [-0.05, 0) is 31.2 Å². The maximum Gasteiger partial charge on any atom is 0.255 e. The van der Waals surface area contributed by atoms with Crippen molar-refractivity contribution < 1.29 is 9.47 Å². The van der Waals surface area contributed by atoms with Gasteiger partial charge in [0.2, 0.25) is 0 Å². The number of pyridine rings is 1. The Morgan fingerprint density at radius 1 is 1.21 bits per heavy atom. The number of rotatable bonds is 5. The first-order valence-corrected chi connectivity index (χ1v) is 7.40. The van der Waals surface area contributed by atoms with Crippen molar-refractivity contribution in [1.29, 1.82) is 0 Å². The van der Waals surface area contributed by atoms with Crippen molar-refractivity contribution in [3.05, 3.63) is 51.9 Å². The Morgan fingerprint density at radius 2 is 1.92 bits per heavy atom. The van der Waals surface area contributed by atoms with E-state index in [2.05, 4.69) is 10.3 Å². The highest BCUT2D eigenvalue weighted by molar-refractivity contribution is 5.92. The maximum absolute atomic E-state index is 12.1. The van der Waals surface area contributed by atoms with Crippen molar-refractivity contribution in [2.75, 3.05) is 19.5 Å². The molecule has 0 radical (unpaired) electrons. The molecule has 2 aromatic rings. The van der Waals surface area contributed by atoms with Gasteiger partial charge in [-0.15, -0.1) is 0 Å². The van der Waals surface area contributed by atoms with E-state index in [9.17, 15) is 4.79 Å². The van der Waals surface area contributed by atoms with Crippen molar-refractivity contribution >= 4 is 11.6 Å². The average molecular weight is 330 g/mol. The number of methoxy groups -OCH3 is 2. The van der Waals surface area contributed by atoms with Gasteiger partial charge in [-0.3, -0.25) is 4.79 Å². The van der Waals surface area contributed by atoms with Crippen LogP contribution in [0.4, 0.5) is 5.69 Å². The molecule has 0 saturated carbocycles. The Labute approximate surface area is 140 Å². The zero-order chi connectivity index (χ0) is 17.7. The second kappa shape index (κ2) is 7.54. The largest absolute Gasteiger partial charge is 0.493 e. The summed E-state index contributed by atoms with van der Waals surface area (Å²) in [4.78, 5) is 16.3. The lowest BCUT2D eigenvalue weighted by Gasteiger charge is -2.11. The van der Waals surface area contributed by atoms with Crippen molar-refractivity contribution in [2.45, 2.75) is 13.5 Å². The number of anilines is 1. The lowest BCUT2D eigenvalue weighted by molar-refractivity contribution is 0.355. The van der Waals surface area contributed by atoms with Gasteiger partial charge in [0, 0.05) is 30.1 Å². The fourth-order valence-corrected chi connectivity index (χ4v) is 2.17. The lowest BCUT2D eigenvalue weighted by atomic mass is 10.2. The van der Waals surface area contributed by atoms with Crippen LogP contribution >= 0.6 is 0 Å². The van der Waals surface area contributed by atoms with Gasteiger partial charge in [-0.25, -0.2) is 4.99 Å². The van der Waals surface area contributed by atoms with Crippen LogP contribution in [0.25, 0.3) is 0 Å². The van der Waals surface area contributed by atoms with Gasteiger partial charge in [0.15, 0.2) is 17.5 Å². The van der Waals surface area contributed by atoms with E-state index in [1.165, 1.54) is 0 Å². The van der Waals surface area contributed by atoms with E-state index < -0.39 is 0 Å². The van der Waals surface area contributed by atoms with Gasteiger partial charge in [-0.1, -0.05) is 0 Å². The molecule has 0 spiro atoms. The van der Waals surface area contributed by atoms with E-state index >= 15 is 0 Å². The molecule has 3 N–H and O–H groups in total. The maximum atomic E-state index is 12.1. The monoisotopic (exact) mass is 330 g/mol. The van der Waals surface area contributed by atoms with Gasteiger partial charge in [0.05, 0.1) is 20.8 Å². The normalized spacial score (nSPS) is 11.2. The molecule has 24 heavy (non-hydrogen) atoms. The fourth-order valence-electron chi connectivity index (χ4n) is 2.17. The fraction of sp³-hybridized carbons (Fsp3) is 0.294. The summed E-state index contributed by atoms with van der Waals surface area (Å²) < 4.78 is 12.0. The predicted molar refractivity (Wildman–Crippen MR) is 94.9 cm³/mol. The quantitative estimate of drug-likeness (QED) is 0.642. The number of aryl methyl sites for hydroxylation is 1. The van der Waals surface area contributed by atoms with Gasteiger partial charge < -0.3 is 25.1 Å². The molecule has 0 amide bonds. The molecule has 7 heteroatoms. The molecule has 0 fully saturated rings. The number of aromatic nitrogens is 1. The summed E-state index contributed by atoms with van der Waals surface area (Å²) in [5.74, 6) is 1.43. The number of nitrogens with zero attached hydrogens (tertiary/aromatic N) is 2. The molecule has 7 nitrogen and oxygen atoms in total. The first-order valence-electron chi connectivity index (χ1n) is 7.40. The third-order valence-corrected chi connectivity index (χ3v) is 3.71. The highest BCUT2D eigenvalue weighted by Gasteiger charge is 2.06. The first kappa shape index (κ1) is 17.4. The summed E-state index contributed by atoms with van der Waals surface area (Å²) in [5, 5.41) is 2.97. The minimum atomic E-state index is -0.0716. The Hall–Kier alpha value is -2.96. The molecular weight excluding hydrogens is 308 g/mol. The topological polar surface area (TPSA) is 90.9 Å². The van der Waals surface area contributed by atoms with E-state index in [1.807, 2.05) is 13.0 Å². The number of nitrogens with one attached hydrogen (secondary N) is 1. The smallest absolute Gasteiger partial charge is 0.255 e. The molecule has 0 saturated heterocycles. The van der Waals surface area contributed by atoms with Crippen molar-refractivity contribution in [1.82, 2.24) is 4.57 Å². The summed E-state index contributed by atoms with van der Waals surface area (Å²) >= 11 is 0. The van der Waals surface area contributed by atoms with E-state index in [0.717, 1.165) is 5.69 Å². The molecule has 0 atom stereocenters.